The molecule has 2 heterocycles. The normalized spacial score (nSPS) is 14.7. The fourth-order valence-corrected chi connectivity index (χ4v) is 4.61. The van der Waals surface area contributed by atoms with Crippen LogP contribution in [0, 0.1) is 0 Å². The molecule has 3 aromatic rings. The summed E-state index contributed by atoms with van der Waals surface area (Å²) >= 11 is 0. The molecule has 194 valence electrons. The van der Waals surface area contributed by atoms with Crippen LogP contribution in [0.15, 0.2) is 60.7 Å². The lowest BCUT2D eigenvalue weighted by Crippen LogP contribution is -2.33. The predicted octanol–water partition coefficient (Wildman–Crippen LogP) is 4.25. The van der Waals surface area contributed by atoms with Gasteiger partial charge in [-0.15, -0.1) is 0 Å². The second-order valence-electron chi connectivity index (χ2n) is 8.46. The number of ether oxygens (including phenoxy) is 8. The molecule has 0 aliphatic carbocycles. The minimum atomic E-state index is -1.18. The SMILES string of the molecule is COC(COc1ccc2c(c1)Oc1cc(OCC(OC)OC)ccc1C21OC(=O)c2ccccc21)OC. The van der Waals surface area contributed by atoms with E-state index in [2.05, 4.69) is 0 Å². The number of carbonyl (C=O) groups is 1. The summed E-state index contributed by atoms with van der Waals surface area (Å²) in [6.45, 7) is 0.368. The molecule has 9 heteroatoms. The molecule has 0 saturated carbocycles. The third kappa shape index (κ3) is 4.40. The van der Waals surface area contributed by atoms with Gasteiger partial charge in [0, 0.05) is 57.3 Å². The molecule has 2 aliphatic rings. The van der Waals surface area contributed by atoms with Gasteiger partial charge in [-0.3, -0.25) is 0 Å². The maximum absolute atomic E-state index is 13.0. The third-order valence-corrected chi connectivity index (χ3v) is 6.48. The van der Waals surface area contributed by atoms with Crippen LogP contribution in [-0.4, -0.2) is 60.2 Å². The molecule has 3 aromatic carbocycles. The molecule has 0 bridgehead atoms. The average Bonchev–Trinajstić information content (AvgIpc) is 3.22. The van der Waals surface area contributed by atoms with E-state index < -0.39 is 24.2 Å². The largest absolute Gasteiger partial charge is 0.488 e. The molecule has 0 atom stereocenters. The monoisotopic (exact) mass is 508 g/mol. The van der Waals surface area contributed by atoms with Crippen molar-refractivity contribution in [1.29, 1.82) is 0 Å². The minimum absolute atomic E-state index is 0.184. The fraction of sp³-hybridized carbons (Fsp3) is 0.321. The van der Waals surface area contributed by atoms with Crippen molar-refractivity contribution in [2.24, 2.45) is 0 Å². The Morgan fingerprint density at radius 2 is 1.22 bits per heavy atom. The Kier molecular flexibility index (Phi) is 7.03. The molecule has 9 nitrogen and oxygen atoms in total. The summed E-state index contributed by atoms with van der Waals surface area (Å²) < 4.78 is 45.1. The van der Waals surface area contributed by atoms with Gasteiger partial charge in [-0.05, 0) is 30.3 Å². The van der Waals surface area contributed by atoms with E-state index in [9.17, 15) is 4.79 Å². The van der Waals surface area contributed by atoms with Crippen LogP contribution in [0.2, 0.25) is 0 Å². The van der Waals surface area contributed by atoms with Crippen LogP contribution in [0.4, 0.5) is 0 Å². The highest BCUT2D eigenvalue weighted by Crippen LogP contribution is 2.57. The summed E-state index contributed by atoms with van der Waals surface area (Å²) in [6.07, 6.45) is -1.04. The van der Waals surface area contributed by atoms with E-state index in [-0.39, 0.29) is 13.2 Å². The van der Waals surface area contributed by atoms with Gasteiger partial charge in [0.1, 0.15) is 36.2 Å². The number of hydrogen-bond acceptors (Lipinski definition) is 9. The van der Waals surface area contributed by atoms with Gasteiger partial charge in [-0.25, -0.2) is 4.79 Å². The van der Waals surface area contributed by atoms with E-state index in [0.717, 1.165) is 5.56 Å². The molecular formula is C28H28O9. The van der Waals surface area contributed by atoms with E-state index in [1.165, 1.54) is 0 Å². The lowest BCUT2D eigenvalue weighted by Gasteiger charge is -2.36. The molecule has 0 unspecified atom stereocenters. The quantitative estimate of drug-likeness (QED) is 0.294. The van der Waals surface area contributed by atoms with Crippen LogP contribution < -0.4 is 14.2 Å². The van der Waals surface area contributed by atoms with Crippen molar-refractivity contribution in [3.05, 3.63) is 82.9 Å². The second kappa shape index (κ2) is 10.4. The number of rotatable bonds is 10. The van der Waals surface area contributed by atoms with Crippen molar-refractivity contribution in [3.8, 4) is 23.0 Å². The minimum Gasteiger partial charge on any atom is -0.488 e. The Morgan fingerprint density at radius 1 is 0.703 bits per heavy atom. The van der Waals surface area contributed by atoms with Gasteiger partial charge in [0.05, 0.1) is 5.56 Å². The maximum Gasteiger partial charge on any atom is 0.340 e. The molecule has 2 aliphatic heterocycles. The highest BCUT2D eigenvalue weighted by atomic mass is 16.7. The molecule has 0 aromatic heterocycles. The Bertz CT molecular complexity index is 1210. The van der Waals surface area contributed by atoms with E-state index >= 15 is 0 Å². The van der Waals surface area contributed by atoms with Crippen LogP contribution in [0.25, 0.3) is 0 Å². The number of esters is 1. The van der Waals surface area contributed by atoms with Gasteiger partial charge >= 0.3 is 5.97 Å². The van der Waals surface area contributed by atoms with Gasteiger partial charge in [0.15, 0.2) is 18.2 Å². The molecule has 5 rings (SSSR count). The van der Waals surface area contributed by atoms with Crippen molar-refractivity contribution < 1.29 is 42.7 Å². The topological polar surface area (TPSA) is 90.9 Å². The van der Waals surface area contributed by atoms with Crippen molar-refractivity contribution in [1.82, 2.24) is 0 Å². The summed E-state index contributed by atoms with van der Waals surface area (Å²) in [4.78, 5) is 13.0. The lowest BCUT2D eigenvalue weighted by atomic mass is 9.77. The van der Waals surface area contributed by atoms with Crippen molar-refractivity contribution in [2.45, 2.75) is 18.2 Å². The summed E-state index contributed by atoms with van der Waals surface area (Å²) in [7, 11) is 6.17. The number of methoxy groups -OCH3 is 4. The van der Waals surface area contributed by atoms with Crippen molar-refractivity contribution >= 4 is 5.97 Å². The Morgan fingerprint density at radius 3 is 1.73 bits per heavy atom. The number of carbonyl (C=O) groups excluding carboxylic acids is 1. The zero-order valence-corrected chi connectivity index (χ0v) is 21.0. The van der Waals surface area contributed by atoms with Crippen LogP contribution in [0.3, 0.4) is 0 Å². The van der Waals surface area contributed by atoms with E-state index in [1.807, 2.05) is 30.3 Å². The Hall–Kier alpha value is -3.63. The zero-order chi connectivity index (χ0) is 26.0. The zero-order valence-electron chi connectivity index (χ0n) is 21.0. The van der Waals surface area contributed by atoms with Gasteiger partial charge in [0.2, 0.25) is 0 Å². The van der Waals surface area contributed by atoms with Gasteiger partial charge in [-0.1, -0.05) is 18.2 Å². The lowest BCUT2D eigenvalue weighted by molar-refractivity contribution is -0.122. The molecule has 1 spiro atoms. The summed E-state index contributed by atoms with van der Waals surface area (Å²) in [5, 5.41) is 0. The highest BCUT2D eigenvalue weighted by Gasteiger charge is 2.53. The molecule has 0 saturated heterocycles. The summed E-state index contributed by atoms with van der Waals surface area (Å²) in [5.74, 6) is 1.67. The smallest absolute Gasteiger partial charge is 0.340 e. The molecule has 0 N–H and O–H groups in total. The molecule has 0 fully saturated rings. The number of hydrogen-bond donors (Lipinski definition) is 0. The number of benzene rings is 3. The van der Waals surface area contributed by atoms with Crippen LogP contribution in [-0.2, 0) is 29.3 Å². The van der Waals surface area contributed by atoms with Crippen LogP contribution in [0.5, 0.6) is 23.0 Å². The molecular weight excluding hydrogens is 480 g/mol. The van der Waals surface area contributed by atoms with Gasteiger partial charge in [0.25, 0.3) is 0 Å². The maximum atomic E-state index is 13.0. The number of fused-ring (bicyclic) bond motifs is 6. The van der Waals surface area contributed by atoms with Crippen molar-refractivity contribution in [2.75, 3.05) is 41.7 Å². The summed E-state index contributed by atoms with van der Waals surface area (Å²) in [6, 6.07) is 18.2. The first-order valence-corrected chi connectivity index (χ1v) is 11.7. The highest BCUT2D eigenvalue weighted by molar-refractivity contribution is 5.97. The first kappa shape index (κ1) is 25.0. The molecule has 37 heavy (non-hydrogen) atoms. The van der Waals surface area contributed by atoms with Crippen molar-refractivity contribution in [3.63, 3.8) is 0 Å². The van der Waals surface area contributed by atoms with E-state index in [4.69, 9.17) is 37.9 Å². The van der Waals surface area contributed by atoms with Crippen LogP contribution in [0.1, 0.15) is 27.0 Å². The van der Waals surface area contributed by atoms with Crippen LogP contribution >= 0.6 is 0 Å². The summed E-state index contributed by atoms with van der Waals surface area (Å²) in [5.41, 5.74) is 1.44. The average molecular weight is 509 g/mol. The van der Waals surface area contributed by atoms with E-state index in [0.29, 0.717) is 39.7 Å². The second-order valence-corrected chi connectivity index (χ2v) is 8.46. The van der Waals surface area contributed by atoms with Gasteiger partial charge < -0.3 is 37.9 Å². The first-order valence-electron chi connectivity index (χ1n) is 11.7. The third-order valence-electron chi connectivity index (χ3n) is 6.48. The Balaban J connectivity index is 1.57. The first-order chi connectivity index (χ1) is 18.0. The standard InChI is InChI=1S/C28H28O9/c1-30-25(31-2)15-34-17-9-11-21-23(13-17)36-24-14-18(35-16-26(32-3)33-4)10-12-22(24)28(21)20-8-6-5-7-19(20)27(29)37-28/h5-14,25-26H,15-16H2,1-4H3. The predicted molar refractivity (Wildman–Crippen MR) is 131 cm³/mol. The Labute approximate surface area is 214 Å². The van der Waals surface area contributed by atoms with E-state index in [1.54, 1.807) is 58.8 Å². The van der Waals surface area contributed by atoms with Gasteiger partial charge in [-0.2, -0.15) is 0 Å². The molecule has 0 radical (unpaired) electrons. The fourth-order valence-electron chi connectivity index (χ4n) is 4.61. The molecule has 0 amide bonds.